The lowest BCUT2D eigenvalue weighted by Gasteiger charge is -2.33. The predicted octanol–water partition coefficient (Wildman–Crippen LogP) is 2.73. The molecule has 0 spiro atoms. The Morgan fingerprint density at radius 1 is 1.11 bits per heavy atom. The molecule has 1 saturated heterocycles. The summed E-state index contributed by atoms with van der Waals surface area (Å²) in [6.07, 6.45) is 0. The number of nitrogens with one attached hydrogen (secondary N) is 1. The Morgan fingerprint density at radius 2 is 1.82 bits per heavy atom. The molecule has 0 bridgehead atoms. The second-order valence-electron chi connectivity index (χ2n) is 6.41. The highest BCUT2D eigenvalue weighted by molar-refractivity contribution is 5.94. The van der Waals surface area contributed by atoms with Gasteiger partial charge in [0.2, 0.25) is 0 Å². The topological polar surface area (TPSA) is 82.1 Å². The largest absolute Gasteiger partial charge is 0.378 e. The minimum atomic E-state index is -0.613. The molecule has 8 heteroatoms. The first-order valence-electron chi connectivity index (χ1n) is 8.95. The van der Waals surface area contributed by atoms with E-state index in [1.165, 1.54) is 0 Å². The first-order chi connectivity index (χ1) is 13.6. The molecule has 1 fully saturated rings. The van der Waals surface area contributed by atoms with Crippen LogP contribution in [0.15, 0.2) is 48.5 Å². The molecule has 3 amide bonds. The van der Waals surface area contributed by atoms with Gasteiger partial charge in [-0.25, -0.2) is 14.7 Å². The summed E-state index contributed by atoms with van der Waals surface area (Å²) in [5, 5.41) is 8.72. The zero-order valence-corrected chi connectivity index (χ0v) is 15.3. The Balaban J connectivity index is 1.86. The quantitative estimate of drug-likeness (QED) is 0.611. The molecule has 3 rings (SSSR count). The molecule has 7 nitrogen and oxygen atoms in total. The molecular formula is C20H22FN3O4. The maximum absolute atomic E-state index is 13.1. The second kappa shape index (κ2) is 9.29. The summed E-state index contributed by atoms with van der Waals surface area (Å²) in [7, 11) is 0. The van der Waals surface area contributed by atoms with Crippen LogP contribution in [0.4, 0.5) is 14.9 Å². The highest BCUT2D eigenvalue weighted by Gasteiger charge is 2.24. The van der Waals surface area contributed by atoms with Crippen molar-refractivity contribution in [2.45, 2.75) is 13.2 Å². The zero-order valence-electron chi connectivity index (χ0n) is 15.3. The molecule has 0 saturated carbocycles. The minimum absolute atomic E-state index is 0.184. The zero-order chi connectivity index (χ0) is 19.9. The molecule has 1 aliphatic rings. The molecule has 148 valence electrons. The fourth-order valence-electron chi connectivity index (χ4n) is 3.01. The van der Waals surface area contributed by atoms with Crippen LogP contribution in [0.2, 0.25) is 0 Å². The molecule has 1 aliphatic heterocycles. The van der Waals surface area contributed by atoms with Gasteiger partial charge in [-0.05, 0) is 35.4 Å². The van der Waals surface area contributed by atoms with Gasteiger partial charge in [-0.1, -0.05) is 24.3 Å². The number of carbonyl (C=O) groups is 2. The standard InChI is InChI=1S/C20H22FN3O4/c21-13-16-2-1-3-18(12-16)24(20(26)23-8-10-28-11-9-23)14-15-4-6-17(7-5-15)19(25)22-27/h1-7,12,27H,8-11,13-14H2,(H,22,25). The number of carbonyl (C=O) groups excluding carboxylic acids is 2. The number of alkyl halides is 1. The van der Waals surface area contributed by atoms with E-state index in [9.17, 15) is 14.0 Å². The highest BCUT2D eigenvalue weighted by atomic mass is 19.1. The van der Waals surface area contributed by atoms with E-state index in [2.05, 4.69) is 0 Å². The van der Waals surface area contributed by atoms with Gasteiger partial charge in [-0.15, -0.1) is 0 Å². The third kappa shape index (κ3) is 4.65. The monoisotopic (exact) mass is 387 g/mol. The molecular weight excluding hydrogens is 365 g/mol. The number of rotatable bonds is 5. The van der Waals surface area contributed by atoms with E-state index < -0.39 is 12.6 Å². The molecule has 1 heterocycles. The van der Waals surface area contributed by atoms with Crippen molar-refractivity contribution in [2.24, 2.45) is 0 Å². The van der Waals surface area contributed by atoms with E-state index >= 15 is 0 Å². The van der Waals surface area contributed by atoms with E-state index in [1.807, 2.05) is 0 Å². The number of hydrogen-bond donors (Lipinski definition) is 2. The maximum Gasteiger partial charge on any atom is 0.324 e. The van der Waals surface area contributed by atoms with Crippen molar-refractivity contribution in [3.05, 3.63) is 65.2 Å². The summed E-state index contributed by atoms with van der Waals surface area (Å²) in [5.41, 5.74) is 3.77. The lowest BCUT2D eigenvalue weighted by Crippen LogP contribution is -2.48. The number of anilines is 1. The van der Waals surface area contributed by atoms with Crippen molar-refractivity contribution in [3.63, 3.8) is 0 Å². The fourth-order valence-corrected chi connectivity index (χ4v) is 3.01. The number of hydrogen-bond acceptors (Lipinski definition) is 4. The van der Waals surface area contributed by atoms with Crippen LogP contribution in [0.1, 0.15) is 21.5 Å². The van der Waals surface area contributed by atoms with Crippen LogP contribution in [-0.2, 0) is 18.0 Å². The van der Waals surface area contributed by atoms with Crippen LogP contribution in [0.3, 0.4) is 0 Å². The normalized spacial score (nSPS) is 13.9. The van der Waals surface area contributed by atoms with Crippen LogP contribution in [0.5, 0.6) is 0 Å². The van der Waals surface area contributed by atoms with Crippen LogP contribution >= 0.6 is 0 Å². The van der Waals surface area contributed by atoms with Crippen LogP contribution in [0, 0.1) is 0 Å². The van der Waals surface area contributed by atoms with Gasteiger partial charge >= 0.3 is 6.03 Å². The summed E-state index contributed by atoms with van der Waals surface area (Å²) < 4.78 is 18.4. The Hall–Kier alpha value is -2.97. The number of hydroxylamine groups is 1. The SMILES string of the molecule is O=C(NO)c1ccc(CN(C(=O)N2CCOCC2)c2cccc(CF)c2)cc1. The number of ether oxygens (including phenoxy) is 1. The van der Waals surface area contributed by atoms with E-state index in [0.717, 1.165) is 5.56 Å². The van der Waals surface area contributed by atoms with Gasteiger partial charge in [-0.3, -0.25) is 14.9 Å². The van der Waals surface area contributed by atoms with Crippen molar-refractivity contribution in [1.29, 1.82) is 0 Å². The fraction of sp³-hybridized carbons (Fsp3) is 0.300. The van der Waals surface area contributed by atoms with Crippen molar-refractivity contribution >= 4 is 17.6 Å². The van der Waals surface area contributed by atoms with Gasteiger partial charge in [0.15, 0.2) is 0 Å². The molecule has 0 aromatic heterocycles. The number of urea groups is 1. The molecule has 2 aromatic rings. The lowest BCUT2D eigenvalue weighted by atomic mass is 10.1. The smallest absolute Gasteiger partial charge is 0.324 e. The molecule has 2 aromatic carbocycles. The summed E-state index contributed by atoms with van der Waals surface area (Å²) in [4.78, 5) is 27.9. The number of halogens is 1. The Labute approximate surface area is 162 Å². The third-order valence-corrected chi connectivity index (χ3v) is 4.55. The molecule has 0 radical (unpaired) electrons. The molecule has 0 aliphatic carbocycles. The van der Waals surface area contributed by atoms with Gasteiger partial charge in [0.25, 0.3) is 5.91 Å². The first-order valence-corrected chi connectivity index (χ1v) is 8.95. The van der Waals surface area contributed by atoms with Crippen LogP contribution < -0.4 is 10.4 Å². The molecule has 0 atom stereocenters. The average molecular weight is 387 g/mol. The number of nitrogens with zero attached hydrogens (tertiary/aromatic N) is 2. The Morgan fingerprint density at radius 3 is 2.46 bits per heavy atom. The minimum Gasteiger partial charge on any atom is -0.378 e. The molecule has 28 heavy (non-hydrogen) atoms. The predicted molar refractivity (Wildman–Crippen MR) is 101 cm³/mol. The Bertz CT molecular complexity index is 822. The van der Waals surface area contributed by atoms with Crippen molar-refractivity contribution < 1.29 is 23.9 Å². The van der Waals surface area contributed by atoms with E-state index in [4.69, 9.17) is 9.94 Å². The van der Waals surface area contributed by atoms with Gasteiger partial charge in [0.1, 0.15) is 6.67 Å². The lowest BCUT2D eigenvalue weighted by molar-refractivity contribution is 0.0548. The summed E-state index contributed by atoms with van der Waals surface area (Å²) >= 11 is 0. The highest BCUT2D eigenvalue weighted by Crippen LogP contribution is 2.22. The van der Waals surface area contributed by atoms with Crippen LogP contribution in [0.25, 0.3) is 0 Å². The Kier molecular flexibility index (Phi) is 6.57. The summed E-state index contributed by atoms with van der Waals surface area (Å²) in [6, 6.07) is 13.2. The van der Waals surface area contributed by atoms with Crippen molar-refractivity contribution in [3.8, 4) is 0 Å². The van der Waals surface area contributed by atoms with Crippen molar-refractivity contribution in [2.75, 3.05) is 31.2 Å². The number of benzene rings is 2. The second-order valence-corrected chi connectivity index (χ2v) is 6.41. The van der Waals surface area contributed by atoms with E-state index in [0.29, 0.717) is 43.1 Å². The number of amides is 3. The third-order valence-electron chi connectivity index (χ3n) is 4.55. The summed E-state index contributed by atoms with van der Waals surface area (Å²) in [6.45, 7) is 1.59. The maximum atomic E-state index is 13.1. The first kappa shape index (κ1) is 19.8. The summed E-state index contributed by atoms with van der Waals surface area (Å²) in [5.74, 6) is -0.608. The van der Waals surface area contributed by atoms with Crippen molar-refractivity contribution in [1.82, 2.24) is 10.4 Å². The van der Waals surface area contributed by atoms with Gasteiger partial charge in [0, 0.05) is 24.3 Å². The van der Waals surface area contributed by atoms with E-state index in [-0.39, 0.29) is 12.6 Å². The van der Waals surface area contributed by atoms with Gasteiger partial charge < -0.3 is 9.64 Å². The number of morpholine rings is 1. The van der Waals surface area contributed by atoms with Crippen LogP contribution in [-0.4, -0.2) is 48.3 Å². The average Bonchev–Trinajstić information content (AvgIpc) is 2.77. The molecule has 0 unspecified atom stereocenters. The van der Waals surface area contributed by atoms with E-state index in [1.54, 1.807) is 63.8 Å². The molecule has 2 N–H and O–H groups in total. The van der Waals surface area contributed by atoms with Gasteiger partial charge in [-0.2, -0.15) is 0 Å². The van der Waals surface area contributed by atoms with Gasteiger partial charge in [0.05, 0.1) is 19.8 Å².